The van der Waals surface area contributed by atoms with Crippen molar-refractivity contribution < 1.29 is 0 Å². The first-order valence-electron chi connectivity index (χ1n) is 19.6. The molecule has 4 heteroatoms. The van der Waals surface area contributed by atoms with E-state index >= 15 is 0 Å². The SMILES string of the molecule is [C-]#[N+]c1cc(-n2c3ccccc3c3cc(-c4ccc(C)cc4C)ccc32)ccc1-c1ccc(-n2c3ccccc3c3cc(-c4ccc(C)cc4C)ccc32)cc1C#N. The van der Waals surface area contributed by atoms with Gasteiger partial charge in [0.15, 0.2) is 5.69 Å². The summed E-state index contributed by atoms with van der Waals surface area (Å²) in [6.45, 7) is 16.9. The van der Waals surface area contributed by atoms with Crippen molar-refractivity contribution in [2.75, 3.05) is 0 Å². The van der Waals surface area contributed by atoms with E-state index in [0.717, 1.165) is 66.1 Å². The fourth-order valence-electron chi connectivity index (χ4n) is 9.09. The average molecular weight is 743 g/mol. The number of nitrogens with zero attached hydrogens (tertiary/aromatic N) is 4. The number of para-hydroxylation sites is 2. The molecule has 0 unspecified atom stereocenters. The third-order valence-corrected chi connectivity index (χ3v) is 11.8. The van der Waals surface area contributed by atoms with Gasteiger partial charge in [0.2, 0.25) is 0 Å². The lowest BCUT2D eigenvalue weighted by molar-refractivity contribution is 1.17. The highest BCUT2D eigenvalue weighted by Gasteiger charge is 2.19. The minimum Gasteiger partial charge on any atom is -0.311 e. The van der Waals surface area contributed by atoms with E-state index < -0.39 is 0 Å². The van der Waals surface area contributed by atoms with Crippen LogP contribution in [-0.4, -0.2) is 9.13 Å². The number of benzene rings is 8. The molecule has 58 heavy (non-hydrogen) atoms. The zero-order valence-electron chi connectivity index (χ0n) is 32.8. The molecule has 2 heterocycles. The molecule has 0 aliphatic rings. The first-order valence-corrected chi connectivity index (χ1v) is 19.6. The van der Waals surface area contributed by atoms with E-state index in [1.165, 1.54) is 44.5 Å². The molecule has 0 N–H and O–H groups in total. The Labute approximate surface area is 337 Å². The summed E-state index contributed by atoms with van der Waals surface area (Å²) < 4.78 is 4.49. The predicted octanol–water partition coefficient (Wildman–Crippen LogP) is 14.5. The van der Waals surface area contributed by atoms with E-state index in [9.17, 15) is 5.26 Å². The zero-order valence-corrected chi connectivity index (χ0v) is 32.8. The minimum atomic E-state index is 0.496. The molecule has 274 valence electrons. The van der Waals surface area contributed by atoms with Crippen LogP contribution in [0.4, 0.5) is 5.69 Å². The van der Waals surface area contributed by atoms with E-state index in [2.05, 4.69) is 181 Å². The van der Waals surface area contributed by atoms with Gasteiger partial charge in [-0.05, 0) is 133 Å². The van der Waals surface area contributed by atoms with Gasteiger partial charge in [0, 0.05) is 32.9 Å². The molecule has 0 aliphatic heterocycles. The number of rotatable bonds is 5. The van der Waals surface area contributed by atoms with Crippen LogP contribution >= 0.6 is 0 Å². The lowest BCUT2D eigenvalue weighted by Gasteiger charge is -2.14. The molecular weight excluding hydrogens is 705 g/mol. The Morgan fingerprint density at radius 1 is 0.448 bits per heavy atom. The molecule has 0 bridgehead atoms. The summed E-state index contributed by atoms with van der Waals surface area (Å²) in [6.07, 6.45) is 0. The minimum absolute atomic E-state index is 0.496. The Balaban J connectivity index is 1.08. The van der Waals surface area contributed by atoms with Crippen LogP contribution < -0.4 is 0 Å². The van der Waals surface area contributed by atoms with Crippen LogP contribution in [-0.2, 0) is 0 Å². The molecule has 10 rings (SSSR count). The van der Waals surface area contributed by atoms with Crippen molar-refractivity contribution in [2.24, 2.45) is 0 Å². The van der Waals surface area contributed by atoms with Crippen molar-refractivity contribution in [3.05, 3.63) is 197 Å². The highest BCUT2D eigenvalue weighted by atomic mass is 15.0. The number of hydrogen-bond donors (Lipinski definition) is 0. The summed E-state index contributed by atoms with van der Waals surface area (Å²) in [5.41, 5.74) is 18.4. The molecule has 0 saturated carbocycles. The van der Waals surface area contributed by atoms with Crippen LogP contribution in [0.2, 0.25) is 0 Å². The van der Waals surface area contributed by atoms with Gasteiger partial charge in [-0.1, -0.05) is 108 Å². The van der Waals surface area contributed by atoms with Crippen LogP contribution in [0.15, 0.2) is 158 Å². The molecule has 8 aromatic carbocycles. The largest absolute Gasteiger partial charge is 0.311 e. The highest BCUT2D eigenvalue weighted by molar-refractivity contribution is 6.12. The van der Waals surface area contributed by atoms with Crippen LogP contribution in [0.25, 0.3) is 93.2 Å². The number of fused-ring (bicyclic) bond motifs is 6. The molecule has 4 nitrogen and oxygen atoms in total. The molecule has 0 aliphatic carbocycles. The summed E-state index contributed by atoms with van der Waals surface area (Å²) in [5.74, 6) is 0. The van der Waals surface area contributed by atoms with E-state index in [0.29, 0.717) is 11.3 Å². The lowest BCUT2D eigenvalue weighted by atomic mass is 9.97. The van der Waals surface area contributed by atoms with Gasteiger partial charge in [-0.25, -0.2) is 4.85 Å². The van der Waals surface area contributed by atoms with Gasteiger partial charge < -0.3 is 9.13 Å². The monoisotopic (exact) mass is 742 g/mol. The molecule has 0 spiro atoms. The second-order valence-corrected chi connectivity index (χ2v) is 15.5. The zero-order chi connectivity index (χ0) is 39.7. The van der Waals surface area contributed by atoms with E-state index in [-0.39, 0.29) is 0 Å². The number of nitriles is 1. The Hall–Kier alpha value is -7.66. The Morgan fingerprint density at radius 3 is 1.41 bits per heavy atom. The Kier molecular flexibility index (Phi) is 8.11. The molecule has 0 fully saturated rings. The third kappa shape index (κ3) is 5.50. The standard InChI is InChI=1S/C54H38N4/c1-33-14-20-42(35(3)26-33)37-16-24-53-48(29-37)46-10-6-8-12-51(46)57(53)40-18-22-44(39(28-40)32-55)45-23-19-41(31-50(45)56-5)58-52-13-9-7-11-47(52)49-30-38(17-25-54(49)58)43-21-15-34(2)27-36(43)4/h6-31H,1-4H3. The third-order valence-electron chi connectivity index (χ3n) is 11.8. The van der Waals surface area contributed by atoms with Gasteiger partial charge >= 0.3 is 0 Å². The first-order chi connectivity index (χ1) is 28.3. The molecule has 2 aromatic heterocycles. The molecule has 0 radical (unpaired) electrons. The normalized spacial score (nSPS) is 11.4. The molecule has 10 aromatic rings. The number of aryl methyl sites for hydroxylation is 4. The maximum atomic E-state index is 10.6. The molecule has 0 amide bonds. The van der Waals surface area contributed by atoms with Crippen molar-refractivity contribution >= 4 is 49.3 Å². The summed E-state index contributed by atoms with van der Waals surface area (Å²) in [6, 6.07) is 58.0. The van der Waals surface area contributed by atoms with E-state index in [4.69, 9.17) is 6.57 Å². The Morgan fingerprint density at radius 2 is 0.914 bits per heavy atom. The molecule has 0 saturated heterocycles. The van der Waals surface area contributed by atoms with Gasteiger partial charge in [0.1, 0.15) is 0 Å². The summed E-state index contributed by atoms with van der Waals surface area (Å²) in [4.78, 5) is 4.04. The fourth-order valence-corrected chi connectivity index (χ4v) is 9.09. The number of hydrogen-bond acceptors (Lipinski definition) is 1. The molecule has 0 atom stereocenters. The topological polar surface area (TPSA) is 38.0 Å². The van der Waals surface area contributed by atoms with Crippen molar-refractivity contribution in [1.29, 1.82) is 5.26 Å². The van der Waals surface area contributed by atoms with Gasteiger partial charge in [0.25, 0.3) is 0 Å². The van der Waals surface area contributed by atoms with Crippen LogP contribution in [0, 0.1) is 45.6 Å². The van der Waals surface area contributed by atoms with Gasteiger partial charge in [0.05, 0.1) is 40.3 Å². The quantitative estimate of drug-likeness (QED) is 0.162. The average Bonchev–Trinajstić information content (AvgIpc) is 3.75. The number of aromatic nitrogens is 2. The summed E-state index contributed by atoms with van der Waals surface area (Å²) in [5, 5.41) is 15.3. The van der Waals surface area contributed by atoms with Gasteiger partial charge in [-0.2, -0.15) is 5.26 Å². The first kappa shape index (κ1) is 34.8. The van der Waals surface area contributed by atoms with Crippen molar-refractivity contribution in [3.63, 3.8) is 0 Å². The highest BCUT2D eigenvalue weighted by Crippen LogP contribution is 2.41. The van der Waals surface area contributed by atoms with Crippen LogP contribution in [0.5, 0.6) is 0 Å². The smallest absolute Gasteiger partial charge is 0.197 e. The second kappa shape index (κ2) is 13.5. The van der Waals surface area contributed by atoms with E-state index in [1.54, 1.807) is 0 Å². The Bertz CT molecular complexity index is 3190. The predicted molar refractivity (Wildman–Crippen MR) is 241 cm³/mol. The van der Waals surface area contributed by atoms with Crippen LogP contribution in [0.3, 0.4) is 0 Å². The van der Waals surface area contributed by atoms with Gasteiger partial charge in [-0.3, -0.25) is 0 Å². The molecular formula is C54H38N4. The maximum absolute atomic E-state index is 10.6. The van der Waals surface area contributed by atoms with Crippen LogP contribution in [0.1, 0.15) is 27.8 Å². The van der Waals surface area contributed by atoms with Crippen molar-refractivity contribution in [1.82, 2.24) is 9.13 Å². The fraction of sp³-hybridized carbons (Fsp3) is 0.0741. The van der Waals surface area contributed by atoms with Crippen molar-refractivity contribution in [2.45, 2.75) is 27.7 Å². The van der Waals surface area contributed by atoms with E-state index in [1.807, 2.05) is 24.3 Å². The van der Waals surface area contributed by atoms with Gasteiger partial charge in [-0.15, -0.1) is 0 Å². The lowest BCUT2D eigenvalue weighted by Crippen LogP contribution is -1.97. The maximum Gasteiger partial charge on any atom is 0.197 e. The van der Waals surface area contributed by atoms with Crippen molar-refractivity contribution in [3.8, 4) is 50.8 Å². The summed E-state index contributed by atoms with van der Waals surface area (Å²) >= 11 is 0. The summed E-state index contributed by atoms with van der Waals surface area (Å²) in [7, 11) is 0. The second-order valence-electron chi connectivity index (χ2n) is 15.5.